The molecule has 2 aromatic heterocycles. The molecule has 0 fully saturated rings. The summed E-state index contributed by atoms with van der Waals surface area (Å²) in [5.41, 5.74) is 2.58. The Kier molecular flexibility index (Phi) is 5.20. The van der Waals surface area contributed by atoms with Crippen LogP contribution < -0.4 is 0 Å². The maximum Gasteiger partial charge on any atom is 0.191 e. The Bertz CT molecular complexity index is 1080. The molecule has 0 N–H and O–H groups in total. The van der Waals surface area contributed by atoms with Gasteiger partial charge in [-0.1, -0.05) is 64.4 Å². The maximum absolute atomic E-state index is 6.26. The van der Waals surface area contributed by atoms with Gasteiger partial charge in [-0.3, -0.25) is 0 Å². The lowest BCUT2D eigenvalue weighted by molar-refractivity contribution is 0.397. The second kappa shape index (κ2) is 7.76. The minimum absolute atomic E-state index is 0.592. The van der Waals surface area contributed by atoms with Crippen LogP contribution in [-0.4, -0.2) is 19.9 Å². The fraction of sp³-hybridized carbons (Fsp3) is 0.105. The highest BCUT2D eigenvalue weighted by atomic mass is 35.5. The van der Waals surface area contributed by atoms with Crippen LogP contribution in [0.2, 0.25) is 10.0 Å². The van der Waals surface area contributed by atoms with Crippen LogP contribution >= 0.6 is 35.0 Å². The fourth-order valence-electron chi connectivity index (χ4n) is 2.59. The number of hydrogen-bond acceptors (Lipinski definition) is 5. The standard InChI is InChI=1S/C19H14Cl2N4OS/c1-25-18(15-4-2-3-5-16(15)21)22-23-19(25)27-11-14-10-17(24-26-14)12-6-8-13(20)9-7-12/h2-10H,11H2,1H3. The molecule has 0 atom stereocenters. The number of thioether (sulfide) groups is 1. The molecule has 0 aliphatic carbocycles. The molecule has 0 aliphatic heterocycles. The molecule has 0 amide bonds. The summed E-state index contributed by atoms with van der Waals surface area (Å²) in [6, 6.07) is 17.0. The van der Waals surface area contributed by atoms with Gasteiger partial charge in [0.2, 0.25) is 0 Å². The first kappa shape index (κ1) is 18.1. The molecule has 0 saturated heterocycles. The highest BCUT2D eigenvalue weighted by Gasteiger charge is 2.15. The summed E-state index contributed by atoms with van der Waals surface area (Å²) >= 11 is 13.7. The van der Waals surface area contributed by atoms with Gasteiger partial charge < -0.3 is 9.09 Å². The third kappa shape index (κ3) is 3.88. The number of aromatic nitrogens is 4. The number of benzene rings is 2. The van der Waals surface area contributed by atoms with Crippen LogP contribution in [0, 0.1) is 0 Å². The van der Waals surface area contributed by atoms with Gasteiger partial charge in [0.1, 0.15) is 11.5 Å². The molecule has 136 valence electrons. The molecule has 27 heavy (non-hydrogen) atoms. The third-order valence-electron chi connectivity index (χ3n) is 3.99. The molecule has 0 unspecified atom stereocenters. The second-order valence-corrected chi connectivity index (χ2v) is 7.61. The molecule has 0 saturated carbocycles. The average Bonchev–Trinajstić information content (AvgIpc) is 3.28. The van der Waals surface area contributed by atoms with Crippen molar-refractivity contribution in [1.29, 1.82) is 0 Å². The summed E-state index contributed by atoms with van der Waals surface area (Å²) in [5, 5.41) is 14.8. The molecule has 8 heteroatoms. The summed E-state index contributed by atoms with van der Waals surface area (Å²) in [6.45, 7) is 0. The van der Waals surface area contributed by atoms with Crippen LogP contribution in [-0.2, 0) is 12.8 Å². The Labute approximate surface area is 170 Å². The number of rotatable bonds is 5. The molecule has 0 radical (unpaired) electrons. The van der Waals surface area contributed by atoms with E-state index in [1.165, 1.54) is 11.8 Å². The molecular weight excluding hydrogens is 403 g/mol. The molecule has 4 rings (SSSR count). The normalized spacial score (nSPS) is 11.1. The van der Waals surface area contributed by atoms with E-state index in [4.69, 9.17) is 27.7 Å². The van der Waals surface area contributed by atoms with Crippen molar-refractivity contribution in [3.05, 3.63) is 70.4 Å². The summed E-state index contributed by atoms with van der Waals surface area (Å²) in [6.07, 6.45) is 0. The van der Waals surface area contributed by atoms with E-state index in [0.717, 1.165) is 33.6 Å². The highest BCUT2D eigenvalue weighted by molar-refractivity contribution is 7.98. The van der Waals surface area contributed by atoms with E-state index >= 15 is 0 Å². The highest BCUT2D eigenvalue weighted by Crippen LogP contribution is 2.30. The molecule has 0 bridgehead atoms. The maximum atomic E-state index is 6.26. The minimum Gasteiger partial charge on any atom is -0.360 e. The zero-order chi connectivity index (χ0) is 18.8. The van der Waals surface area contributed by atoms with Gasteiger partial charge >= 0.3 is 0 Å². The van der Waals surface area contributed by atoms with Crippen molar-refractivity contribution in [2.75, 3.05) is 0 Å². The van der Waals surface area contributed by atoms with Crippen molar-refractivity contribution in [3.8, 4) is 22.6 Å². The van der Waals surface area contributed by atoms with Crippen molar-refractivity contribution in [3.63, 3.8) is 0 Å². The molecular formula is C19H14Cl2N4OS. The van der Waals surface area contributed by atoms with Crippen molar-refractivity contribution in [2.24, 2.45) is 7.05 Å². The molecule has 0 aliphatic rings. The first-order valence-electron chi connectivity index (χ1n) is 8.10. The zero-order valence-electron chi connectivity index (χ0n) is 14.3. The lowest BCUT2D eigenvalue weighted by atomic mass is 10.1. The Morgan fingerprint density at radius 1 is 1.04 bits per heavy atom. The van der Waals surface area contributed by atoms with Crippen LogP contribution in [0.15, 0.2) is 64.3 Å². The number of nitrogens with zero attached hydrogens (tertiary/aromatic N) is 4. The first-order chi connectivity index (χ1) is 13.1. The van der Waals surface area contributed by atoms with Gasteiger partial charge in [-0.2, -0.15) is 0 Å². The number of hydrogen-bond donors (Lipinski definition) is 0. The largest absolute Gasteiger partial charge is 0.360 e. The molecule has 2 aromatic carbocycles. The lowest BCUT2D eigenvalue weighted by Gasteiger charge is -2.04. The van der Waals surface area contributed by atoms with Crippen molar-refractivity contribution < 1.29 is 4.52 Å². The van der Waals surface area contributed by atoms with E-state index in [1.54, 1.807) is 0 Å². The second-order valence-electron chi connectivity index (χ2n) is 5.82. The van der Waals surface area contributed by atoms with Crippen LogP contribution in [0.3, 0.4) is 0 Å². The summed E-state index contributed by atoms with van der Waals surface area (Å²) in [5.74, 6) is 2.07. The van der Waals surface area contributed by atoms with E-state index < -0.39 is 0 Å². The van der Waals surface area contributed by atoms with E-state index in [9.17, 15) is 0 Å². The van der Waals surface area contributed by atoms with Crippen molar-refractivity contribution in [1.82, 2.24) is 19.9 Å². The monoisotopic (exact) mass is 416 g/mol. The van der Waals surface area contributed by atoms with E-state index in [-0.39, 0.29) is 0 Å². The van der Waals surface area contributed by atoms with E-state index in [0.29, 0.717) is 15.8 Å². The fourth-order valence-corrected chi connectivity index (χ4v) is 3.72. The van der Waals surface area contributed by atoms with Gasteiger partial charge in [0.15, 0.2) is 11.0 Å². The first-order valence-corrected chi connectivity index (χ1v) is 9.84. The van der Waals surface area contributed by atoms with Crippen LogP contribution in [0.25, 0.3) is 22.6 Å². The van der Waals surface area contributed by atoms with Crippen LogP contribution in [0.5, 0.6) is 0 Å². The van der Waals surface area contributed by atoms with Gasteiger partial charge in [-0.25, -0.2) is 0 Å². The summed E-state index contributed by atoms with van der Waals surface area (Å²) in [7, 11) is 1.92. The molecule has 4 aromatic rings. The molecule has 5 nitrogen and oxygen atoms in total. The zero-order valence-corrected chi connectivity index (χ0v) is 16.6. The minimum atomic E-state index is 0.592. The van der Waals surface area contributed by atoms with Gasteiger partial charge in [0.25, 0.3) is 0 Å². The van der Waals surface area contributed by atoms with E-state index in [1.807, 2.05) is 66.2 Å². The Morgan fingerprint density at radius 3 is 2.59 bits per heavy atom. The van der Waals surface area contributed by atoms with Gasteiger partial charge in [-0.15, -0.1) is 10.2 Å². The average molecular weight is 417 g/mol. The predicted octanol–water partition coefficient (Wildman–Crippen LogP) is 5.74. The van der Waals surface area contributed by atoms with Gasteiger partial charge in [0, 0.05) is 29.3 Å². The van der Waals surface area contributed by atoms with Crippen LogP contribution in [0.4, 0.5) is 0 Å². The topological polar surface area (TPSA) is 56.7 Å². The molecule has 2 heterocycles. The van der Waals surface area contributed by atoms with Crippen LogP contribution in [0.1, 0.15) is 5.76 Å². The summed E-state index contributed by atoms with van der Waals surface area (Å²) < 4.78 is 7.36. The predicted molar refractivity (Wildman–Crippen MR) is 108 cm³/mol. The van der Waals surface area contributed by atoms with E-state index in [2.05, 4.69) is 15.4 Å². The smallest absolute Gasteiger partial charge is 0.191 e. The van der Waals surface area contributed by atoms with Gasteiger partial charge in [-0.05, 0) is 24.3 Å². The quantitative estimate of drug-likeness (QED) is 0.388. The Balaban J connectivity index is 1.49. The third-order valence-corrected chi connectivity index (χ3v) is 5.62. The Hall–Kier alpha value is -2.28. The summed E-state index contributed by atoms with van der Waals surface area (Å²) in [4.78, 5) is 0. The molecule has 0 spiro atoms. The SMILES string of the molecule is Cn1c(SCc2cc(-c3ccc(Cl)cc3)no2)nnc1-c1ccccc1Cl. The van der Waals surface area contributed by atoms with Gasteiger partial charge in [0.05, 0.1) is 10.8 Å². The Morgan fingerprint density at radius 2 is 1.81 bits per heavy atom. The van der Waals surface area contributed by atoms with Crippen molar-refractivity contribution >= 4 is 35.0 Å². The lowest BCUT2D eigenvalue weighted by Crippen LogP contribution is -1.95. The van der Waals surface area contributed by atoms with Crippen molar-refractivity contribution in [2.45, 2.75) is 10.9 Å². The number of halogens is 2.